The summed E-state index contributed by atoms with van der Waals surface area (Å²) >= 11 is 0. The highest BCUT2D eigenvalue weighted by atomic mass is 127. The first kappa shape index (κ1) is 26.5. The van der Waals surface area contributed by atoms with Crippen molar-refractivity contribution in [2.45, 2.75) is 19.6 Å². The van der Waals surface area contributed by atoms with E-state index >= 15 is 0 Å². The van der Waals surface area contributed by atoms with E-state index in [-0.39, 0.29) is 30.1 Å². The van der Waals surface area contributed by atoms with E-state index in [0.717, 1.165) is 5.56 Å². The second-order valence-corrected chi connectivity index (χ2v) is 6.38. The van der Waals surface area contributed by atoms with Gasteiger partial charge >= 0.3 is 0 Å². The van der Waals surface area contributed by atoms with Crippen molar-refractivity contribution < 1.29 is 23.7 Å². The first-order valence-corrected chi connectivity index (χ1v) is 9.59. The number of hydrogen-bond donors (Lipinski definition) is 2. The molecule has 0 heterocycles. The summed E-state index contributed by atoms with van der Waals surface area (Å²) in [4.78, 5) is 4.27. The summed E-state index contributed by atoms with van der Waals surface area (Å²) in [5, 5.41) is 6.54. The molecule has 2 aromatic rings. The van der Waals surface area contributed by atoms with Crippen LogP contribution in [-0.2, 0) is 6.54 Å². The van der Waals surface area contributed by atoms with Gasteiger partial charge in [0.25, 0.3) is 0 Å². The van der Waals surface area contributed by atoms with Crippen LogP contribution < -0.4 is 34.3 Å². The zero-order valence-electron chi connectivity index (χ0n) is 18.9. The molecule has 0 fully saturated rings. The summed E-state index contributed by atoms with van der Waals surface area (Å²) in [7, 11) is 8.12. The van der Waals surface area contributed by atoms with Crippen LogP contribution in [0.15, 0.2) is 41.4 Å². The minimum atomic E-state index is -0.101. The van der Waals surface area contributed by atoms with E-state index in [1.165, 1.54) is 0 Å². The number of nitrogens with zero attached hydrogens (tertiary/aromatic N) is 1. The molecule has 0 aliphatic rings. The van der Waals surface area contributed by atoms with Gasteiger partial charge in [-0.3, -0.25) is 4.99 Å². The van der Waals surface area contributed by atoms with Crippen LogP contribution in [0.4, 0.5) is 0 Å². The number of benzene rings is 2. The van der Waals surface area contributed by atoms with Crippen LogP contribution in [0.5, 0.6) is 28.7 Å². The Bertz CT molecular complexity index is 848. The minimum Gasteiger partial charge on any atom is -0.493 e. The lowest BCUT2D eigenvalue weighted by Gasteiger charge is -2.20. The standard InChI is InChI=1S/C22H31N3O5.HI/c1-15(30-18-10-8-7-9-17(18)26-3)13-24-22(23-2)25-14-16-11-12-19(27-4)21(29-6)20(16)28-5;/h7-12,15H,13-14H2,1-6H3,(H2,23,24,25);1H. The van der Waals surface area contributed by atoms with Crippen LogP contribution in [0.2, 0.25) is 0 Å². The molecule has 0 aliphatic heterocycles. The third-order valence-corrected chi connectivity index (χ3v) is 4.41. The van der Waals surface area contributed by atoms with Crippen LogP contribution in [-0.4, -0.2) is 54.1 Å². The molecule has 172 valence electrons. The third kappa shape index (κ3) is 7.27. The van der Waals surface area contributed by atoms with Crippen molar-refractivity contribution in [3.63, 3.8) is 0 Å². The lowest BCUT2D eigenvalue weighted by atomic mass is 10.1. The Morgan fingerprint density at radius 2 is 1.48 bits per heavy atom. The Morgan fingerprint density at radius 3 is 2.06 bits per heavy atom. The second-order valence-electron chi connectivity index (χ2n) is 6.38. The fourth-order valence-electron chi connectivity index (χ4n) is 2.92. The molecule has 1 unspecified atom stereocenters. The summed E-state index contributed by atoms with van der Waals surface area (Å²) < 4.78 is 27.6. The predicted octanol–water partition coefficient (Wildman–Crippen LogP) is 3.47. The van der Waals surface area contributed by atoms with Gasteiger partial charge in [0.05, 0.1) is 35.0 Å². The normalized spacial score (nSPS) is 11.6. The van der Waals surface area contributed by atoms with Gasteiger partial charge in [-0.15, -0.1) is 24.0 Å². The molecular formula is C22H32IN3O5. The molecule has 9 heteroatoms. The second kappa shape index (κ2) is 13.7. The molecule has 0 spiro atoms. The van der Waals surface area contributed by atoms with E-state index < -0.39 is 0 Å². The number of guanidine groups is 1. The fraction of sp³-hybridized carbons (Fsp3) is 0.409. The lowest BCUT2D eigenvalue weighted by molar-refractivity contribution is 0.213. The van der Waals surface area contributed by atoms with Gasteiger partial charge in [-0.1, -0.05) is 12.1 Å². The molecule has 2 aromatic carbocycles. The molecule has 31 heavy (non-hydrogen) atoms. The zero-order chi connectivity index (χ0) is 21.9. The van der Waals surface area contributed by atoms with Gasteiger partial charge in [0.2, 0.25) is 5.75 Å². The van der Waals surface area contributed by atoms with Crippen molar-refractivity contribution in [1.82, 2.24) is 10.6 Å². The van der Waals surface area contributed by atoms with Gasteiger partial charge in [-0.25, -0.2) is 0 Å². The van der Waals surface area contributed by atoms with Crippen LogP contribution in [0.25, 0.3) is 0 Å². The summed E-state index contributed by atoms with van der Waals surface area (Å²) in [6.45, 7) is 3.02. The van der Waals surface area contributed by atoms with E-state index in [9.17, 15) is 0 Å². The Hall–Kier alpha value is -2.56. The SMILES string of the molecule is CN=C(NCc1ccc(OC)c(OC)c1OC)NCC(C)Oc1ccccc1OC.I. The van der Waals surface area contributed by atoms with Crippen LogP contribution in [0, 0.1) is 0 Å². The first-order valence-electron chi connectivity index (χ1n) is 9.59. The topological polar surface area (TPSA) is 82.6 Å². The zero-order valence-corrected chi connectivity index (χ0v) is 21.2. The molecule has 1 atom stereocenters. The van der Waals surface area contributed by atoms with Crippen molar-refractivity contribution in [2.24, 2.45) is 4.99 Å². The summed E-state index contributed by atoms with van der Waals surface area (Å²) in [6, 6.07) is 11.3. The Labute approximate surface area is 201 Å². The molecule has 2 N–H and O–H groups in total. The van der Waals surface area contributed by atoms with E-state index in [2.05, 4.69) is 15.6 Å². The monoisotopic (exact) mass is 545 g/mol. The molecule has 0 aliphatic carbocycles. The number of hydrogen-bond acceptors (Lipinski definition) is 6. The molecule has 0 saturated heterocycles. The van der Waals surface area contributed by atoms with E-state index in [1.54, 1.807) is 35.5 Å². The molecule has 2 rings (SSSR count). The van der Waals surface area contributed by atoms with Gasteiger partial charge in [-0.05, 0) is 31.2 Å². The van der Waals surface area contributed by atoms with Crippen molar-refractivity contribution in [3.05, 3.63) is 42.0 Å². The molecular weight excluding hydrogens is 513 g/mol. The first-order chi connectivity index (χ1) is 14.6. The highest BCUT2D eigenvalue weighted by Crippen LogP contribution is 2.39. The average Bonchev–Trinajstić information content (AvgIpc) is 2.78. The number of aliphatic imine (C=N–C) groups is 1. The summed E-state index contributed by atoms with van der Waals surface area (Å²) in [5.74, 6) is 3.83. The molecule has 0 amide bonds. The van der Waals surface area contributed by atoms with Crippen molar-refractivity contribution >= 4 is 29.9 Å². The maximum Gasteiger partial charge on any atom is 0.203 e. The maximum absolute atomic E-state index is 5.97. The predicted molar refractivity (Wildman–Crippen MR) is 133 cm³/mol. The van der Waals surface area contributed by atoms with Gasteiger partial charge < -0.3 is 34.3 Å². The molecule has 0 saturated carbocycles. The average molecular weight is 545 g/mol. The quantitative estimate of drug-likeness (QED) is 0.269. The Morgan fingerprint density at radius 1 is 0.839 bits per heavy atom. The summed E-state index contributed by atoms with van der Waals surface area (Å²) in [6.07, 6.45) is -0.101. The summed E-state index contributed by atoms with van der Waals surface area (Å²) in [5.41, 5.74) is 0.913. The van der Waals surface area contributed by atoms with Gasteiger partial charge in [0.1, 0.15) is 6.10 Å². The van der Waals surface area contributed by atoms with Crippen LogP contribution in [0.3, 0.4) is 0 Å². The minimum absolute atomic E-state index is 0. The van der Waals surface area contributed by atoms with Gasteiger partial charge in [-0.2, -0.15) is 0 Å². The smallest absolute Gasteiger partial charge is 0.203 e. The van der Waals surface area contributed by atoms with E-state index in [4.69, 9.17) is 23.7 Å². The number of methoxy groups -OCH3 is 4. The highest BCUT2D eigenvalue weighted by molar-refractivity contribution is 14.0. The maximum atomic E-state index is 5.97. The Kier molecular flexibility index (Phi) is 11.7. The number of para-hydroxylation sites is 2. The fourth-order valence-corrected chi connectivity index (χ4v) is 2.92. The van der Waals surface area contributed by atoms with Crippen molar-refractivity contribution in [2.75, 3.05) is 42.0 Å². The molecule has 0 radical (unpaired) electrons. The largest absolute Gasteiger partial charge is 0.493 e. The highest BCUT2D eigenvalue weighted by Gasteiger charge is 2.16. The van der Waals surface area contributed by atoms with E-state index in [0.29, 0.717) is 47.8 Å². The number of rotatable bonds is 10. The van der Waals surface area contributed by atoms with Crippen molar-refractivity contribution in [3.8, 4) is 28.7 Å². The number of halogens is 1. The number of ether oxygens (including phenoxy) is 5. The van der Waals surface area contributed by atoms with Crippen LogP contribution >= 0.6 is 24.0 Å². The molecule has 0 aromatic heterocycles. The number of nitrogens with one attached hydrogen (secondary N) is 2. The van der Waals surface area contributed by atoms with Crippen LogP contribution in [0.1, 0.15) is 12.5 Å². The van der Waals surface area contributed by atoms with Gasteiger partial charge in [0, 0.05) is 19.2 Å². The van der Waals surface area contributed by atoms with Crippen molar-refractivity contribution in [1.29, 1.82) is 0 Å². The van der Waals surface area contributed by atoms with E-state index in [1.807, 2.05) is 43.3 Å². The molecule has 0 bridgehead atoms. The molecule has 8 nitrogen and oxygen atoms in total. The lowest BCUT2D eigenvalue weighted by Crippen LogP contribution is -2.41. The van der Waals surface area contributed by atoms with Gasteiger partial charge in [0.15, 0.2) is 29.0 Å². The Balaban J connectivity index is 0.00000480. The third-order valence-electron chi connectivity index (χ3n) is 4.41.